The maximum absolute atomic E-state index is 13.5. The molecule has 0 saturated carbocycles. The van der Waals surface area contributed by atoms with Crippen LogP contribution in [-0.4, -0.2) is 27.9 Å². The number of pyridine rings is 1. The summed E-state index contributed by atoms with van der Waals surface area (Å²) in [5.74, 6) is -2.06. The predicted octanol–water partition coefficient (Wildman–Crippen LogP) is 2.86. The van der Waals surface area contributed by atoms with E-state index in [1.165, 1.54) is 23.2 Å². The molecule has 0 atom stereocenters. The standard InChI is InChI=1S/C23H23FN6O2/c1-14-9-17(24)8-7-16(14)13-30(12-15-5-3-2-4-6-15)23(32)22(31)29-19-11-28-21(27)18(10-25)20(19)26/h2-11,25H,12-13H2,1H3,(H,29,31)(H4,26,27,28). The molecule has 164 valence electrons. The van der Waals surface area contributed by atoms with Crippen LogP contribution in [-0.2, 0) is 22.7 Å². The summed E-state index contributed by atoms with van der Waals surface area (Å²) in [7, 11) is 0. The third kappa shape index (κ3) is 5.07. The molecule has 0 unspecified atom stereocenters. The fourth-order valence-corrected chi connectivity index (χ4v) is 3.17. The van der Waals surface area contributed by atoms with Gasteiger partial charge in [-0.2, -0.15) is 0 Å². The molecule has 3 aromatic rings. The largest absolute Gasteiger partial charge is 0.396 e. The van der Waals surface area contributed by atoms with E-state index in [4.69, 9.17) is 16.9 Å². The number of nitrogens with one attached hydrogen (secondary N) is 2. The number of nitrogen functional groups attached to an aromatic ring is 2. The minimum absolute atomic E-state index is 0.0395. The van der Waals surface area contributed by atoms with E-state index in [-0.39, 0.29) is 41.7 Å². The van der Waals surface area contributed by atoms with E-state index in [2.05, 4.69) is 10.3 Å². The number of rotatable bonds is 6. The van der Waals surface area contributed by atoms with Crippen molar-refractivity contribution in [3.63, 3.8) is 0 Å². The van der Waals surface area contributed by atoms with Crippen molar-refractivity contribution < 1.29 is 14.0 Å². The summed E-state index contributed by atoms with van der Waals surface area (Å²) >= 11 is 0. The summed E-state index contributed by atoms with van der Waals surface area (Å²) in [6.45, 7) is 2.02. The lowest BCUT2D eigenvalue weighted by molar-refractivity contribution is -0.144. The van der Waals surface area contributed by atoms with Crippen LogP contribution in [0, 0.1) is 18.2 Å². The Bertz CT molecular complexity index is 1170. The van der Waals surface area contributed by atoms with Crippen molar-refractivity contribution in [1.29, 1.82) is 5.41 Å². The van der Waals surface area contributed by atoms with Gasteiger partial charge in [-0.05, 0) is 35.7 Å². The Balaban J connectivity index is 1.87. The molecule has 9 heteroatoms. The van der Waals surface area contributed by atoms with E-state index in [1.54, 1.807) is 13.0 Å². The topological polar surface area (TPSA) is 138 Å². The van der Waals surface area contributed by atoms with Gasteiger partial charge in [0.2, 0.25) is 0 Å². The van der Waals surface area contributed by atoms with E-state index < -0.39 is 11.8 Å². The number of carbonyl (C=O) groups is 2. The van der Waals surface area contributed by atoms with Gasteiger partial charge in [-0.1, -0.05) is 36.4 Å². The van der Waals surface area contributed by atoms with Crippen molar-refractivity contribution in [2.24, 2.45) is 0 Å². The first-order valence-electron chi connectivity index (χ1n) is 9.73. The monoisotopic (exact) mass is 434 g/mol. The molecule has 0 aliphatic rings. The summed E-state index contributed by atoms with van der Waals surface area (Å²) in [4.78, 5) is 31.1. The lowest BCUT2D eigenvalue weighted by Crippen LogP contribution is -2.39. The summed E-state index contributed by atoms with van der Waals surface area (Å²) in [5.41, 5.74) is 14.1. The number of aromatic nitrogens is 1. The molecule has 0 fully saturated rings. The number of nitrogens with zero attached hydrogens (tertiary/aromatic N) is 2. The Hall–Kier alpha value is -4.27. The molecule has 1 heterocycles. The van der Waals surface area contributed by atoms with Gasteiger partial charge < -0.3 is 27.1 Å². The zero-order valence-electron chi connectivity index (χ0n) is 17.4. The predicted molar refractivity (Wildman–Crippen MR) is 121 cm³/mol. The molecule has 8 nitrogen and oxygen atoms in total. The summed E-state index contributed by atoms with van der Waals surface area (Å²) < 4.78 is 13.5. The van der Waals surface area contributed by atoms with E-state index in [9.17, 15) is 14.0 Å². The SMILES string of the molecule is Cc1cc(F)ccc1CN(Cc1ccccc1)C(=O)C(=O)Nc1cnc(N)c(C=N)c1N. The number of halogens is 1. The summed E-state index contributed by atoms with van der Waals surface area (Å²) in [6, 6.07) is 13.5. The van der Waals surface area contributed by atoms with Crippen LogP contribution in [0.1, 0.15) is 22.3 Å². The Morgan fingerprint density at radius 1 is 1.16 bits per heavy atom. The van der Waals surface area contributed by atoms with Gasteiger partial charge >= 0.3 is 11.8 Å². The van der Waals surface area contributed by atoms with Crippen molar-refractivity contribution in [2.75, 3.05) is 16.8 Å². The number of carbonyl (C=O) groups excluding carboxylic acids is 2. The number of aryl methyl sites for hydroxylation is 1. The van der Waals surface area contributed by atoms with Gasteiger partial charge in [-0.25, -0.2) is 9.37 Å². The first kappa shape index (κ1) is 22.4. The van der Waals surface area contributed by atoms with Crippen molar-refractivity contribution in [3.05, 3.63) is 82.8 Å². The molecule has 2 aromatic carbocycles. The minimum Gasteiger partial charge on any atom is -0.396 e. The number of amides is 2. The highest BCUT2D eigenvalue weighted by Crippen LogP contribution is 2.24. The van der Waals surface area contributed by atoms with Gasteiger partial charge in [0.05, 0.1) is 23.1 Å². The highest BCUT2D eigenvalue weighted by atomic mass is 19.1. The molecular formula is C23H23FN6O2. The first-order chi connectivity index (χ1) is 15.3. The molecule has 0 aliphatic heterocycles. The summed E-state index contributed by atoms with van der Waals surface area (Å²) in [6.07, 6.45) is 2.16. The summed E-state index contributed by atoms with van der Waals surface area (Å²) in [5, 5.41) is 9.85. The fourth-order valence-electron chi connectivity index (χ4n) is 3.17. The maximum Gasteiger partial charge on any atom is 0.314 e. The Kier molecular flexibility index (Phi) is 6.79. The normalized spacial score (nSPS) is 10.4. The van der Waals surface area contributed by atoms with E-state index >= 15 is 0 Å². The highest BCUT2D eigenvalue weighted by Gasteiger charge is 2.24. The van der Waals surface area contributed by atoms with Crippen molar-refractivity contribution in [1.82, 2.24) is 9.88 Å². The number of hydrogen-bond donors (Lipinski definition) is 4. The molecule has 6 N–H and O–H groups in total. The van der Waals surface area contributed by atoms with Crippen LogP contribution in [0.3, 0.4) is 0 Å². The zero-order chi connectivity index (χ0) is 23.3. The average Bonchev–Trinajstić information content (AvgIpc) is 2.77. The van der Waals surface area contributed by atoms with Crippen LogP contribution in [0.25, 0.3) is 0 Å². The van der Waals surface area contributed by atoms with E-state index in [0.717, 1.165) is 11.8 Å². The Labute approximate surface area is 184 Å². The van der Waals surface area contributed by atoms with Gasteiger partial charge in [0.25, 0.3) is 0 Å². The number of nitrogens with two attached hydrogens (primary N) is 2. The average molecular weight is 434 g/mol. The van der Waals surface area contributed by atoms with Gasteiger partial charge in [-0.15, -0.1) is 0 Å². The molecule has 0 bridgehead atoms. The molecule has 32 heavy (non-hydrogen) atoms. The second-order valence-corrected chi connectivity index (χ2v) is 7.20. The van der Waals surface area contributed by atoms with Gasteiger partial charge in [0.15, 0.2) is 0 Å². The number of benzene rings is 2. The first-order valence-corrected chi connectivity index (χ1v) is 9.73. The van der Waals surface area contributed by atoms with Crippen LogP contribution < -0.4 is 16.8 Å². The molecule has 0 spiro atoms. The van der Waals surface area contributed by atoms with Crippen LogP contribution in [0.4, 0.5) is 21.6 Å². The molecule has 3 rings (SSSR count). The minimum atomic E-state index is -0.921. The van der Waals surface area contributed by atoms with Crippen molar-refractivity contribution in [2.45, 2.75) is 20.0 Å². The third-order valence-corrected chi connectivity index (χ3v) is 4.95. The van der Waals surface area contributed by atoms with Crippen molar-refractivity contribution >= 4 is 35.2 Å². The molecule has 0 radical (unpaired) electrons. The van der Waals surface area contributed by atoms with Crippen LogP contribution >= 0.6 is 0 Å². The zero-order valence-corrected chi connectivity index (χ0v) is 17.4. The lowest BCUT2D eigenvalue weighted by atomic mass is 10.1. The van der Waals surface area contributed by atoms with Gasteiger partial charge in [0, 0.05) is 19.3 Å². The smallest absolute Gasteiger partial charge is 0.314 e. The fraction of sp³-hybridized carbons (Fsp3) is 0.130. The molecular weight excluding hydrogens is 411 g/mol. The number of anilines is 3. The Morgan fingerprint density at radius 3 is 2.53 bits per heavy atom. The van der Waals surface area contributed by atoms with Gasteiger partial charge in [0.1, 0.15) is 11.6 Å². The van der Waals surface area contributed by atoms with Crippen molar-refractivity contribution in [3.8, 4) is 0 Å². The molecule has 2 amide bonds. The third-order valence-electron chi connectivity index (χ3n) is 4.95. The maximum atomic E-state index is 13.5. The Morgan fingerprint density at radius 2 is 1.88 bits per heavy atom. The molecule has 0 aliphatic carbocycles. The lowest BCUT2D eigenvalue weighted by Gasteiger charge is -2.23. The van der Waals surface area contributed by atoms with E-state index in [0.29, 0.717) is 11.1 Å². The van der Waals surface area contributed by atoms with Crippen LogP contribution in [0.15, 0.2) is 54.7 Å². The quantitative estimate of drug-likeness (QED) is 0.349. The molecule has 1 aromatic heterocycles. The second-order valence-electron chi connectivity index (χ2n) is 7.20. The van der Waals surface area contributed by atoms with Crippen LogP contribution in [0.5, 0.6) is 0 Å². The van der Waals surface area contributed by atoms with Gasteiger partial charge in [-0.3, -0.25) is 9.59 Å². The van der Waals surface area contributed by atoms with Crippen LogP contribution in [0.2, 0.25) is 0 Å². The van der Waals surface area contributed by atoms with E-state index in [1.807, 2.05) is 30.3 Å². The highest BCUT2D eigenvalue weighted by molar-refractivity contribution is 6.39. The second kappa shape index (κ2) is 9.69. The number of hydrogen-bond acceptors (Lipinski definition) is 6. The molecule has 0 saturated heterocycles.